The van der Waals surface area contributed by atoms with Gasteiger partial charge >= 0.3 is 0 Å². The summed E-state index contributed by atoms with van der Waals surface area (Å²) < 4.78 is 0. The Labute approximate surface area is 78.8 Å². The van der Waals surface area contributed by atoms with Crippen molar-refractivity contribution in [2.24, 2.45) is 5.73 Å². The number of piperazine rings is 1. The summed E-state index contributed by atoms with van der Waals surface area (Å²) in [4.78, 5) is 13.2. The maximum Gasteiger partial charge on any atom is 0.234 e. The third kappa shape index (κ3) is 3.57. The summed E-state index contributed by atoms with van der Waals surface area (Å²) in [5.41, 5.74) is 5.31. The monoisotopic (exact) mass is 183 g/mol. The van der Waals surface area contributed by atoms with Gasteiger partial charge in [0.1, 0.15) is 0 Å². The van der Waals surface area contributed by atoms with Crippen LogP contribution in [-0.4, -0.2) is 43.0 Å². The lowest BCUT2D eigenvalue weighted by Gasteiger charge is -2.30. The first-order valence-corrected chi connectivity index (χ1v) is 4.59. The molecule has 1 rings (SSSR count). The Morgan fingerprint density at radius 3 is 3.08 bits per heavy atom. The van der Waals surface area contributed by atoms with Gasteiger partial charge in [0.15, 0.2) is 0 Å². The molecule has 1 amide bonds. The predicted molar refractivity (Wildman–Crippen MR) is 52.2 cm³/mol. The van der Waals surface area contributed by atoms with Gasteiger partial charge in [-0.15, -0.1) is 0 Å². The van der Waals surface area contributed by atoms with E-state index in [4.69, 9.17) is 5.73 Å². The van der Waals surface area contributed by atoms with Crippen molar-refractivity contribution < 1.29 is 4.79 Å². The van der Waals surface area contributed by atoms with Crippen molar-refractivity contribution in [1.82, 2.24) is 10.2 Å². The van der Waals surface area contributed by atoms with Crippen LogP contribution in [0.25, 0.3) is 0 Å². The number of hydrogen-bond donors (Lipinski definition) is 2. The molecule has 0 aliphatic carbocycles. The molecule has 3 N–H and O–H groups in total. The molecule has 0 aromatic heterocycles. The van der Waals surface area contributed by atoms with E-state index in [0.717, 1.165) is 13.1 Å². The molecule has 1 fully saturated rings. The molecule has 13 heavy (non-hydrogen) atoms. The van der Waals surface area contributed by atoms with Crippen molar-refractivity contribution in [2.75, 3.05) is 26.2 Å². The normalized spacial score (nSPS) is 25.1. The Kier molecular flexibility index (Phi) is 3.92. The number of carbonyl (C=O) groups is 1. The molecule has 0 aromatic carbocycles. The van der Waals surface area contributed by atoms with Crippen LogP contribution in [0.15, 0.2) is 12.2 Å². The third-order valence-electron chi connectivity index (χ3n) is 1.97. The molecular weight excluding hydrogens is 166 g/mol. The van der Waals surface area contributed by atoms with Gasteiger partial charge in [-0.2, -0.15) is 0 Å². The maximum atomic E-state index is 11.1. The molecule has 1 aliphatic heterocycles. The zero-order valence-corrected chi connectivity index (χ0v) is 7.99. The van der Waals surface area contributed by atoms with Gasteiger partial charge in [0, 0.05) is 25.7 Å². The highest BCUT2D eigenvalue weighted by Crippen LogP contribution is 1.98. The van der Waals surface area contributed by atoms with E-state index in [9.17, 15) is 4.79 Å². The first kappa shape index (κ1) is 10.2. The molecular formula is C9H17N3O. The Bertz CT molecular complexity index is 203. The second-order valence-corrected chi connectivity index (χ2v) is 3.37. The Balaban J connectivity index is 2.33. The zero-order valence-electron chi connectivity index (χ0n) is 7.99. The van der Waals surface area contributed by atoms with Gasteiger partial charge in [-0.05, 0) is 6.92 Å². The molecule has 1 atom stereocenters. The average Bonchev–Trinajstić information content (AvgIpc) is 2.03. The molecule has 4 heteroatoms. The maximum absolute atomic E-state index is 11.1. The fraction of sp³-hybridized carbons (Fsp3) is 0.667. The molecule has 0 radical (unpaired) electrons. The second kappa shape index (κ2) is 4.99. The lowest BCUT2D eigenvalue weighted by atomic mass is 10.2. The van der Waals surface area contributed by atoms with Gasteiger partial charge in [0.25, 0.3) is 0 Å². The molecule has 0 bridgehead atoms. The van der Waals surface area contributed by atoms with Gasteiger partial charge in [0.2, 0.25) is 5.91 Å². The summed E-state index contributed by atoms with van der Waals surface area (Å²) in [6.07, 6.45) is 3.92. The zero-order chi connectivity index (χ0) is 9.68. The predicted octanol–water partition coefficient (Wildman–Crippen LogP) is -0.678. The molecule has 1 aliphatic rings. The number of amides is 1. The van der Waals surface area contributed by atoms with Crippen molar-refractivity contribution in [3.8, 4) is 0 Å². The summed E-state index contributed by atoms with van der Waals surface area (Å²) in [6, 6.07) is 0.257. The van der Waals surface area contributed by atoms with E-state index in [-0.39, 0.29) is 11.9 Å². The standard InChI is InChI=1S/C9H17N3O/c1-8-6-12(5-3-2-4-10)7-9(13)11-8/h2-3,8H,4-7,10H2,1H3,(H,11,13)/b3-2+. The quantitative estimate of drug-likeness (QED) is 0.570. The van der Waals surface area contributed by atoms with Crippen LogP contribution < -0.4 is 11.1 Å². The second-order valence-electron chi connectivity index (χ2n) is 3.37. The van der Waals surface area contributed by atoms with Gasteiger partial charge in [-0.3, -0.25) is 9.69 Å². The summed E-state index contributed by atoms with van der Waals surface area (Å²) in [6.45, 7) is 4.81. The van der Waals surface area contributed by atoms with Crippen molar-refractivity contribution >= 4 is 5.91 Å². The van der Waals surface area contributed by atoms with Crippen LogP contribution in [-0.2, 0) is 4.79 Å². The molecule has 1 unspecified atom stereocenters. The van der Waals surface area contributed by atoms with Crippen LogP contribution in [0.3, 0.4) is 0 Å². The largest absolute Gasteiger partial charge is 0.351 e. The van der Waals surface area contributed by atoms with Crippen molar-refractivity contribution in [3.05, 3.63) is 12.2 Å². The number of carbonyl (C=O) groups excluding carboxylic acids is 1. The van der Waals surface area contributed by atoms with E-state index in [1.54, 1.807) is 0 Å². The van der Waals surface area contributed by atoms with Gasteiger partial charge in [-0.1, -0.05) is 12.2 Å². The molecule has 0 aromatic rings. The first-order chi connectivity index (χ1) is 6.22. The van der Waals surface area contributed by atoms with Crippen molar-refractivity contribution in [2.45, 2.75) is 13.0 Å². The highest BCUT2D eigenvalue weighted by atomic mass is 16.2. The Morgan fingerprint density at radius 2 is 2.46 bits per heavy atom. The van der Waals surface area contributed by atoms with E-state index in [1.165, 1.54) is 0 Å². The van der Waals surface area contributed by atoms with Gasteiger partial charge in [0.05, 0.1) is 6.54 Å². The Morgan fingerprint density at radius 1 is 1.69 bits per heavy atom. The highest BCUT2D eigenvalue weighted by Gasteiger charge is 2.19. The molecule has 1 saturated heterocycles. The van der Waals surface area contributed by atoms with Crippen LogP contribution in [0.4, 0.5) is 0 Å². The lowest BCUT2D eigenvalue weighted by molar-refractivity contribution is -0.125. The molecule has 4 nitrogen and oxygen atoms in total. The summed E-state index contributed by atoms with van der Waals surface area (Å²) >= 11 is 0. The minimum absolute atomic E-state index is 0.111. The third-order valence-corrected chi connectivity index (χ3v) is 1.97. The molecule has 0 spiro atoms. The van der Waals surface area contributed by atoms with E-state index < -0.39 is 0 Å². The summed E-state index contributed by atoms with van der Waals surface area (Å²) in [7, 11) is 0. The van der Waals surface area contributed by atoms with Crippen LogP contribution in [0, 0.1) is 0 Å². The lowest BCUT2D eigenvalue weighted by Crippen LogP contribution is -2.52. The molecule has 0 saturated carbocycles. The number of nitrogens with two attached hydrogens (primary N) is 1. The smallest absolute Gasteiger partial charge is 0.234 e. The number of rotatable bonds is 3. The minimum Gasteiger partial charge on any atom is -0.351 e. The van der Waals surface area contributed by atoms with E-state index in [1.807, 2.05) is 19.1 Å². The van der Waals surface area contributed by atoms with E-state index in [2.05, 4.69) is 10.2 Å². The van der Waals surface area contributed by atoms with Crippen LogP contribution in [0.5, 0.6) is 0 Å². The summed E-state index contributed by atoms with van der Waals surface area (Å²) in [5, 5.41) is 2.87. The average molecular weight is 183 g/mol. The molecule has 74 valence electrons. The minimum atomic E-state index is 0.111. The SMILES string of the molecule is CC1CN(C/C=C/CN)CC(=O)N1. The number of nitrogens with zero attached hydrogens (tertiary/aromatic N) is 1. The van der Waals surface area contributed by atoms with Crippen LogP contribution in [0.2, 0.25) is 0 Å². The number of nitrogens with one attached hydrogen (secondary N) is 1. The van der Waals surface area contributed by atoms with Crippen molar-refractivity contribution in [1.29, 1.82) is 0 Å². The molecule has 1 heterocycles. The Hall–Kier alpha value is -0.870. The van der Waals surface area contributed by atoms with E-state index in [0.29, 0.717) is 13.1 Å². The topological polar surface area (TPSA) is 58.4 Å². The fourth-order valence-electron chi connectivity index (χ4n) is 1.48. The van der Waals surface area contributed by atoms with E-state index >= 15 is 0 Å². The first-order valence-electron chi connectivity index (χ1n) is 4.59. The fourth-order valence-corrected chi connectivity index (χ4v) is 1.48. The summed E-state index contributed by atoms with van der Waals surface area (Å²) in [5.74, 6) is 0.111. The number of hydrogen-bond acceptors (Lipinski definition) is 3. The van der Waals surface area contributed by atoms with Gasteiger partial charge in [-0.25, -0.2) is 0 Å². The van der Waals surface area contributed by atoms with Crippen LogP contribution >= 0.6 is 0 Å². The van der Waals surface area contributed by atoms with Crippen LogP contribution in [0.1, 0.15) is 6.92 Å². The van der Waals surface area contributed by atoms with Gasteiger partial charge < -0.3 is 11.1 Å². The highest BCUT2D eigenvalue weighted by molar-refractivity contribution is 5.79. The van der Waals surface area contributed by atoms with Crippen molar-refractivity contribution in [3.63, 3.8) is 0 Å².